The van der Waals surface area contributed by atoms with E-state index in [1.165, 1.54) is 6.07 Å². The molecule has 2 heterocycles. The molecule has 1 N–H and O–H groups in total. The van der Waals surface area contributed by atoms with Crippen molar-refractivity contribution in [2.45, 2.75) is 27.3 Å². The topological polar surface area (TPSA) is 55.6 Å². The van der Waals surface area contributed by atoms with Gasteiger partial charge in [0, 0.05) is 17.8 Å². The Morgan fingerprint density at radius 2 is 2.04 bits per heavy atom. The Hall–Kier alpha value is -3.09. The van der Waals surface area contributed by atoms with Crippen LogP contribution in [0.1, 0.15) is 19.7 Å². The van der Waals surface area contributed by atoms with Crippen LogP contribution in [0.2, 0.25) is 0 Å². The molecule has 7 heteroatoms. The summed E-state index contributed by atoms with van der Waals surface area (Å²) in [5, 5.41) is 2.95. The standard InChI is InChI=1S/C19H19F2N5/c1-5-7-11(3)23-19-22-10-15(21)17(25-19)13-8-14(20)18-16(9-13)26(6-2)12(4)24-18/h5,7-10H,1,6H2,2-4H3,(H,22,23,25)/b11-7+. The third kappa shape index (κ3) is 3.20. The normalized spacial score (nSPS) is 11.8. The van der Waals surface area contributed by atoms with E-state index in [1.54, 1.807) is 18.2 Å². The summed E-state index contributed by atoms with van der Waals surface area (Å²) >= 11 is 0. The van der Waals surface area contributed by atoms with Crippen LogP contribution >= 0.6 is 0 Å². The van der Waals surface area contributed by atoms with Gasteiger partial charge in [0.25, 0.3) is 0 Å². The Labute approximate surface area is 150 Å². The van der Waals surface area contributed by atoms with Gasteiger partial charge < -0.3 is 9.88 Å². The van der Waals surface area contributed by atoms with Crippen LogP contribution in [0, 0.1) is 18.6 Å². The van der Waals surface area contributed by atoms with E-state index in [9.17, 15) is 8.78 Å². The summed E-state index contributed by atoms with van der Waals surface area (Å²) < 4.78 is 30.7. The Bertz CT molecular complexity index is 1020. The van der Waals surface area contributed by atoms with Crippen molar-refractivity contribution in [2.24, 2.45) is 0 Å². The number of benzene rings is 1. The summed E-state index contributed by atoms with van der Waals surface area (Å²) in [6.45, 7) is 9.81. The summed E-state index contributed by atoms with van der Waals surface area (Å²) in [5.74, 6) is -0.214. The minimum Gasteiger partial charge on any atom is -0.328 e. The molecule has 3 aromatic rings. The molecule has 0 unspecified atom stereocenters. The maximum atomic E-state index is 14.5. The van der Waals surface area contributed by atoms with Gasteiger partial charge in [0.15, 0.2) is 11.6 Å². The Morgan fingerprint density at radius 3 is 2.73 bits per heavy atom. The summed E-state index contributed by atoms with van der Waals surface area (Å²) in [6.07, 6.45) is 4.42. The first kappa shape index (κ1) is 17.7. The van der Waals surface area contributed by atoms with Gasteiger partial charge in [0.1, 0.15) is 17.0 Å². The van der Waals surface area contributed by atoms with E-state index in [0.717, 1.165) is 11.9 Å². The number of fused-ring (bicyclic) bond motifs is 1. The van der Waals surface area contributed by atoms with E-state index in [0.29, 0.717) is 23.4 Å². The molecule has 2 aromatic heterocycles. The molecular formula is C19H19F2N5. The smallest absolute Gasteiger partial charge is 0.227 e. The van der Waals surface area contributed by atoms with Crippen molar-refractivity contribution in [3.8, 4) is 11.3 Å². The first-order valence-corrected chi connectivity index (χ1v) is 8.20. The number of nitrogens with zero attached hydrogens (tertiary/aromatic N) is 4. The van der Waals surface area contributed by atoms with Crippen LogP contribution in [-0.2, 0) is 6.54 Å². The van der Waals surface area contributed by atoms with Gasteiger partial charge in [-0.3, -0.25) is 0 Å². The maximum Gasteiger partial charge on any atom is 0.227 e. The lowest BCUT2D eigenvalue weighted by Crippen LogP contribution is -2.03. The number of halogens is 2. The second-order valence-electron chi connectivity index (χ2n) is 5.83. The van der Waals surface area contributed by atoms with E-state index in [1.807, 2.05) is 25.3 Å². The second-order valence-corrected chi connectivity index (χ2v) is 5.83. The summed E-state index contributed by atoms with van der Waals surface area (Å²) in [7, 11) is 0. The second kappa shape index (κ2) is 7.03. The third-order valence-electron chi connectivity index (χ3n) is 4.01. The third-order valence-corrected chi connectivity index (χ3v) is 4.01. The van der Waals surface area contributed by atoms with Crippen molar-refractivity contribution in [1.82, 2.24) is 19.5 Å². The molecule has 0 aliphatic heterocycles. The lowest BCUT2D eigenvalue weighted by molar-refractivity contribution is 0.617. The summed E-state index contributed by atoms with van der Waals surface area (Å²) in [5.41, 5.74) is 1.98. The molecule has 0 fully saturated rings. The lowest BCUT2D eigenvalue weighted by Gasteiger charge is -2.09. The van der Waals surface area contributed by atoms with E-state index in [2.05, 4.69) is 26.8 Å². The zero-order valence-corrected chi connectivity index (χ0v) is 14.8. The van der Waals surface area contributed by atoms with Gasteiger partial charge in [0.2, 0.25) is 5.95 Å². The van der Waals surface area contributed by atoms with Gasteiger partial charge in [-0.15, -0.1) is 0 Å². The molecule has 0 bridgehead atoms. The predicted molar refractivity (Wildman–Crippen MR) is 98.7 cm³/mol. The van der Waals surface area contributed by atoms with Gasteiger partial charge in [-0.2, -0.15) is 0 Å². The Balaban J connectivity index is 2.14. The van der Waals surface area contributed by atoms with E-state index in [4.69, 9.17) is 0 Å². The first-order valence-electron chi connectivity index (χ1n) is 8.20. The average molecular weight is 355 g/mol. The number of nitrogens with one attached hydrogen (secondary N) is 1. The van der Waals surface area contributed by atoms with Crippen molar-refractivity contribution < 1.29 is 8.78 Å². The van der Waals surface area contributed by atoms with Crippen molar-refractivity contribution in [3.63, 3.8) is 0 Å². The molecule has 0 saturated carbocycles. The van der Waals surface area contributed by atoms with Gasteiger partial charge in [-0.25, -0.2) is 23.7 Å². The largest absolute Gasteiger partial charge is 0.328 e. The van der Waals surface area contributed by atoms with Gasteiger partial charge in [-0.1, -0.05) is 12.7 Å². The molecule has 26 heavy (non-hydrogen) atoms. The van der Waals surface area contributed by atoms with E-state index >= 15 is 0 Å². The van der Waals surface area contributed by atoms with Gasteiger partial charge in [0.05, 0.1) is 11.7 Å². The van der Waals surface area contributed by atoms with Crippen molar-refractivity contribution in [3.05, 3.63) is 60.2 Å². The lowest BCUT2D eigenvalue weighted by atomic mass is 10.1. The molecule has 0 aliphatic rings. The fourth-order valence-electron chi connectivity index (χ4n) is 2.86. The molecule has 0 radical (unpaired) electrons. The van der Waals surface area contributed by atoms with Crippen LogP contribution in [0.3, 0.4) is 0 Å². The highest BCUT2D eigenvalue weighted by molar-refractivity contribution is 5.82. The average Bonchev–Trinajstić information content (AvgIpc) is 2.92. The number of hydrogen-bond acceptors (Lipinski definition) is 4. The quantitative estimate of drug-likeness (QED) is 0.680. The number of imidazole rings is 1. The van der Waals surface area contributed by atoms with Crippen molar-refractivity contribution in [2.75, 3.05) is 5.32 Å². The first-order chi connectivity index (χ1) is 12.4. The Kier molecular flexibility index (Phi) is 4.79. The minimum atomic E-state index is -0.626. The molecule has 134 valence electrons. The van der Waals surface area contributed by atoms with Crippen LogP contribution < -0.4 is 5.32 Å². The maximum absolute atomic E-state index is 14.5. The summed E-state index contributed by atoms with van der Waals surface area (Å²) in [6, 6.07) is 2.94. The molecule has 0 atom stereocenters. The molecule has 0 spiro atoms. The highest BCUT2D eigenvalue weighted by Crippen LogP contribution is 2.28. The summed E-state index contributed by atoms with van der Waals surface area (Å²) in [4.78, 5) is 12.4. The van der Waals surface area contributed by atoms with Crippen LogP contribution in [0.5, 0.6) is 0 Å². The number of aromatic nitrogens is 4. The number of anilines is 1. The fourth-order valence-corrected chi connectivity index (χ4v) is 2.86. The van der Waals surface area contributed by atoms with Crippen LogP contribution in [0.25, 0.3) is 22.3 Å². The number of allylic oxidation sites excluding steroid dienone is 3. The van der Waals surface area contributed by atoms with Gasteiger partial charge in [-0.05, 0) is 39.0 Å². The van der Waals surface area contributed by atoms with Crippen LogP contribution in [-0.4, -0.2) is 19.5 Å². The Morgan fingerprint density at radius 1 is 1.27 bits per heavy atom. The van der Waals surface area contributed by atoms with Gasteiger partial charge >= 0.3 is 0 Å². The number of aryl methyl sites for hydroxylation is 2. The zero-order chi connectivity index (χ0) is 18.8. The fraction of sp³-hybridized carbons (Fsp3) is 0.211. The molecule has 0 saturated heterocycles. The van der Waals surface area contributed by atoms with Crippen molar-refractivity contribution in [1.29, 1.82) is 0 Å². The highest BCUT2D eigenvalue weighted by Gasteiger charge is 2.16. The van der Waals surface area contributed by atoms with Crippen LogP contribution in [0.4, 0.5) is 14.7 Å². The monoisotopic (exact) mass is 355 g/mol. The highest BCUT2D eigenvalue weighted by atomic mass is 19.1. The zero-order valence-electron chi connectivity index (χ0n) is 14.8. The minimum absolute atomic E-state index is 0.0243. The number of hydrogen-bond donors (Lipinski definition) is 1. The van der Waals surface area contributed by atoms with E-state index in [-0.39, 0.29) is 17.2 Å². The number of rotatable bonds is 5. The van der Waals surface area contributed by atoms with Crippen LogP contribution in [0.15, 0.2) is 42.8 Å². The molecule has 3 rings (SSSR count). The molecule has 0 aliphatic carbocycles. The molecular weight excluding hydrogens is 336 g/mol. The SMILES string of the molecule is C=C/C=C(\C)Nc1ncc(F)c(-c2cc(F)c3nc(C)n(CC)c3c2)n1. The molecule has 1 aromatic carbocycles. The van der Waals surface area contributed by atoms with E-state index < -0.39 is 11.6 Å². The predicted octanol–water partition coefficient (Wildman–Crippen LogP) is 4.60. The molecule has 5 nitrogen and oxygen atoms in total. The molecule has 0 amide bonds. The van der Waals surface area contributed by atoms with Crippen molar-refractivity contribution >= 4 is 17.0 Å².